The summed E-state index contributed by atoms with van der Waals surface area (Å²) in [7, 11) is 0. The van der Waals surface area contributed by atoms with Gasteiger partial charge in [-0.25, -0.2) is 9.48 Å². The molecule has 0 fully saturated rings. The summed E-state index contributed by atoms with van der Waals surface area (Å²) in [5.41, 5.74) is 0.580. The second-order valence-electron chi connectivity index (χ2n) is 5.65. The molecule has 1 N–H and O–H groups in total. The zero-order valence-electron chi connectivity index (χ0n) is 13.9. The van der Waals surface area contributed by atoms with E-state index in [0.29, 0.717) is 12.3 Å². The number of nitrogens with zero attached hydrogens (tertiary/aromatic N) is 4. The number of carbonyl (C=O) groups is 2. The molecule has 0 aliphatic heterocycles. The van der Waals surface area contributed by atoms with Gasteiger partial charge in [0.2, 0.25) is 5.91 Å². The van der Waals surface area contributed by atoms with Gasteiger partial charge >= 0.3 is 5.97 Å². The number of aromatic carboxylic acids is 1. The molecule has 1 unspecified atom stereocenters. The molecule has 25 heavy (non-hydrogen) atoms. The number of likely N-dealkylation sites (N-methyl/N-ethyl adjacent to an activating group) is 1. The first-order chi connectivity index (χ1) is 12.0. The van der Waals surface area contributed by atoms with E-state index in [-0.39, 0.29) is 24.2 Å². The minimum atomic E-state index is -1.18. The predicted molar refractivity (Wildman–Crippen MR) is 89.0 cm³/mol. The van der Waals surface area contributed by atoms with Crippen LogP contribution < -0.4 is 0 Å². The number of furan rings is 1. The SMILES string of the molecule is CCN(C(=O)Cn1cc(C(=O)O)nn1)C(C)c1cc2ccccc2o1. The van der Waals surface area contributed by atoms with Crippen molar-refractivity contribution in [3.05, 3.63) is 48.0 Å². The molecule has 0 bridgehead atoms. The molecular formula is C17H18N4O4. The Balaban J connectivity index is 1.77. The average Bonchev–Trinajstić information content (AvgIpc) is 3.21. The van der Waals surface area contributed by atoms with Crippen LogP contribution in [0.5, 0.6) is 0 Å². The summed E-state index contributed by atoms with van der Waals surface area (Å²) in [4.78, 5) is 25.1. The summed E-state index contributed by atoms with van der Waals surface area (Å²) in [6.07, 6.45) is 1.24. The van der Waals surface area contributed by atoms with Gasteiger partial charge in [-0.1, -0.05) is 23.4 Å². The molecule has 0 saturated carbocycles. The molecule has 0 saturated heterocycles. The fraction of sp³-hybridized carbons (Fsp3) is 0.294. The molecule has 1 aromatic carbocycles. The number of hydrogen-bond donors (Lipinski definition) is 1. The number of carboxylic acids is 1. The number of amides is 1. The highest BCUT2D eigenvalue weighted by atomic mass is 16.4. The molecular weight excluding hydrogens is 324 g/mol. The number of carbonyl (C=O) groups excluding carboxylic acids is 1. The smallest absolute Gasteiger partial charge is 0.358 e. The van der Waals surface area contributed by atoms with Crippen molar-refractivity contribution < 1.29 is 19.1 Å². The molecule has 2 heterocycles. The van der Waals surface area contributed by atoms with Gasteiger partial charge in [0.05, 0.1) is 12.2 Å². The topological polar surface area (TPSA) is 101 Å². The summed E-state index contributed by atoms with van der Waals surface area (Å²) in [6.45, 7) is 4.17. The Morgan fingerprint density at radius 1 is 1.36 bits per heavy atom. The standard InChI is InChI=1S/C17H18N4O4/c1-3-21(16(22)10-20-9-13(17(23)24)18-19-20)11(2)15-8-12-6-4-5-7-14(12)25-15/h4-9,11H,3,10H2,1-2H3,(H,23,24). The largest absolute Gasteiger partial charge is 0.476 e. The summed E-state index contributed by atoms with van der Waals surface area (Å²) in [5, 5.41) is 17.0. The first-order valence-electron chi connectivity index (χ1n) is 7.91. The average molecular weight is 342 g/mol. The molecule has 0 aliphatic rings. The maximum atomic E-state index is 12.6. The highest BCUT2D eigenvalue weighted by Crippen LogP contribution is 2.27. The number of aromatic nitrogens is 3. The predicted octanol–water partition coefficient (Wildman–Crippen LogP) is 2.33. The molecule has 1 amide bonds. The van der Waals surface area contributed by atoms with Gasteiger partial charge in [-0.2, -0.15) is 0 Å². The Morgan fingerprint density at radius 3 is 2.76 bits per heavy atom. The molecule has 130 valence electrons. The van der Waals surface area contributed by atoms with Crippen LogP contribution in [0.15, 0.2) is 40.9 Å². The summed E-state index contributed by atoms with van der Waals surface area (Å²) in [5.74, 6) is -0.680. The summed E-state index contributed by atoms with van der Waals surface area (Å²) < 4.78 is 7.06. The second-order valence-corrected chi connectivity index (χ2v) is 5.65. The third kappa shape index (κ3) is 3.37. The highest BCUT2D eigenvalue weighted by molar-refractivity contribution is 5.85. The normalized spacial score (nSPS) is 12.2. The number of para-hydroxylation sites is 1. The fourth-order valence-electron chi connectivity index (χ4n) is 2.73. The maximum Gasteiger partial charge on any atom is 0.358 e. The highest BCUT2D eigenvalue weighted by Gasteiger charge is 2.23. The van der Waals surface area contributed by atoms with Crippen molar-refractivity contribution >= 4 is 22.8 Å². The monoisotopic (exact) mass is 342 g/mol. The lowest BCUT2D eigenvalue weighted by Gasteiger charge is -2.26. The van der Waals surface area contributed by atoms with Crippen molar-refractivity contribution in [3.8, 4) is 0 Å². The Labute approximate surface area is 143 Å². The van der Waals surface area contributed by atoms with Crippen molar-refractivity contribution in [1.82, 2.24) is 19.9 Å². The Bertz CT molecular complexity index is 881. The van der Waals surface area contributed by atoms with Crippen LogP contribution in [-0.4, -0.2) is 43.4 Å². The van der Waals surface area contributed by atoms with E-state index in [1.54, 1.807) is 4.90 Å². The Hall–Kier alpha value is -3.16. The van der Waals surface area contributed by atoms with Crippen molar-refractivity contribution in [2.75, 3.05) is 6.54 Å². The van der Waals surface area contributed by atoms with Crippen molar-refractivity contribution in [1.29, 1.82) is 0 Å². The third-order valence-corrected chi connectivity index (χ3v) is 4.04. The van der Waals surface area contributed by atoms with Crippen LogP contribution in [0.3, 0.4) is 0 Å². The molecule has 0 spiro atoms. The van der Waals surface area contributed by atoms with Crippen LogP contribution in [0.25, 0.3) is 11.0 Å². The van der Waals surface area contributed by atoms with E-state index in [1.807, 2.05) is 44.2 Å². The van der Waals surface area contributed by atoms with Crippen LogP contribution in [0.2, 0.25) is 0 Å². The maximum absolute atomic E-state index is 12.6. The van der Waals surface area contributed by atoms with Gasteiger partial charge in [-0.05, 0) is 26.0 Å². The van der Waals surface area contributed by atoms with Crippen molar-refractivity contribution in [3.63, 3.8) is 0 Å². The van der Waals surface area contributed by atoms with E-state index in [9.17, 15) is 9.59 Å². The van der Waals surface area contributed by atoms with Crippen LogP contribution in [0, 0.1) is 0 Å². The molecule has 2 aromatic heterocycles. The number of fused-ring (bicyclic) bond motifs is 1. The lowest BCUT2D eigenvalue weighted by atomic mass is 10.2. The first kappa shape index (κ1) is 16.7. The summed E-state index contributed by atoms with van der Waals surface area (Å²) >= 11 is 0. The number of benzene rings is 1. The summed E-state index contributed by atoms with van der Waals surface area (Å²) in [6, 6.07) is 9.33. The first-order valence-corrected chi connectivity index (χ1v) is 7.91. The minimum absolute atomic E-state index is 0.0846. The fourth-order valence-corrected chi connectivity index (χ4v) is 2.73. The van der Waals surface area contributed by atoms with E-state index < -0.39 is 5.97 Å². The lowest BCUT2D eigenvalue weighted by molar-refractivity contribution is -0.134. The van der Waals surface area contributed by atoms with E-state index in [4.69, 9.17) is 9.52 Å². The van der Waals surface area contributed by atoms with Crippen LogP contribution in [-0.2, 0) is 11.3 Å². The van der Waals surface area contributed by atoms with E-state index in [1.165, 1.54) is 10.9 Å². The molecule has 0 radical (unpaired) electrons. The molecule has 1 atom stereocenters. The van der Waals surface area contributed by atoms with Crippen molar-refractivity contribution in [2.24, 2.45) is 0 Å². The van der Waals surface area contributed by atoms with Crippen LogP contribution >= 0.6 is 0 Å². The van der Waals surface area contributed by atoms with Crippen LogP contribution in [0.1, 0.15) is 36.1 Å². The Morgan fingerprint density at radius 2 is 2.12 bits per heavy atom. The van der Waals surface area contributed by atoms with Gasteiger partial charge in [-0.15, -0.1) is 5.10 Å². The Kier molecular flexibility index (Phi) is 4.51. The molecule has 3 rings (SSSR count). The molecule has 0 aliphatic carbocycles. The zero-order valence-corrected chi connectivity index (χ0v) is 13.9. The van der Waals surface area contributed by atoms with E-state index in [2.05, 4.69) is 10.3 Å². The van der Waals surface area contributed by atoms with E-state index in [0.717, 1.165) is 11.0 Å². The van der Waals surface area contributed by atoms with Gasteiger partial charge < -0.3 is 14.4 Å². The third-order valence-electron chi connectivity index (χ3n) is 4.04. The van der Waals surface area contributed by atoms with Gasteiger partial charge in [-0.3, -0.25) is 4.79 Å². The second kappa shape index (κ2) is 6.76. The minimum Gasteiger partial charge on any atom is -0.476 e. The molecule has 8 heteroatoms. The van der Waals surface area contributed by atoms with Gasteiger partial charge in [0.25, 0.3) is 0 Å². The number of hydrogen-bond acceptors (Lipinski definition) is 5. The van der Waals surface area contributed by atoms with Crippen LogP contribution in [0.4, 0.5) is 0 Å². The quantitative estimate of drug-likeness (QED) is 0.738. The molecule has 3 aromatic rings. The van der Waals surface area contributed by atoms with Gasteiger partial charge in [0.15, 0.2) is 5.69 Å². The van der Waals surface area contributed by atoms with E-state index >= 15 is 0 Å². The zero-order chi connectivity index (χ0) is 18.0. The number of carboxylic acid groups (broad SMARTS) is 1. The molecule has 8 nitrogen and oxygen atoms in total. The van der Waals surface area contributed by atoms with Gasteiger partial charge in [0, 0.05) is 11.9 Å². The van der Waals surface area contributed by atoms with Crippen molar-refractivity contribution in [2.45, 2.75) is 26.4 Å². The lowest BCUT2D eigenvalue weighted by Crippen LogP contribution is -2.35. The van der Waals surface area contributed by atoms with Gasteiger partial charge in [0.1, 0.15) is 17.9 Å². The number of rotatable bonds is 6.